The Morgan fingerprint density at radius 3 is 2.45 bits per heavy atom. The van der Waals surface area contributed by atoms with E-state index < -0.39 is 29.7 Å². The van der Waals surface area contributed by atoms with Crippen LogP contribution in [0.25, 0.3) is 10.9 Å². The predicted molar refractivity (Wildman–Crippen MR) is 250 cm³/mol. The largest absolute Gasteiger partial charge is 0.478 e. The number of benzene rings is 2. The van der Waals surface area contributed by atoms with Gasteiger partial charge in [0.1, 0.15) is 11.1 Å². The summed E-state index contributed by atoms with van der Waals surface area (Å²) in [5.41, 5.74) is 2.83. The number of fused-ring (bicyclic) bond motifs is 2. The lowest BCUT2D eigenvalue weighted by molar-refractivity contribution is -0.136. The molecule has 2 aromatic heterocycles. The number of amides is 5. The quantitative estimate of drug-likeness (QED) is 0.169. The molecule has 19 heteroatoms. The van der Waals surface area contributed by atoms with E-state index in [0.717, 1.165) is 99.3 Å². The lowest BCUT2D eigenvalue weighted by atomic mass is 9.85. The van der Waals surface area contributed by atoms with E-state index in [0.29, 0.717) is 39.6 Å². The van der Waals surface area contributed by atoms with Crippen LogP contribution in [-0.2, 0) is 19.1 Å². The van der Waals surface area contributed by atoms with E-state index in [-0.39, 0.29) is 60.3 Å². The van der Waals surface area contributed by atoms with Crippen molar-refractivity contribution < 1.29 is 33.4 Å². The van der Waals surface area contributed by atoms with E-state index in [1.54, 1.807) is 29.0 Å². The Morgan fingerprint density at radius 2 is 1.69 bits per heavy atom. The number of nitrogens with zero attached hydrogens (tertiary/aromatic N) is 7. The molecule has 0 bridgehead atoms. The molecule has 5 aliphatic heterocycles. The molecule has 2 atom stereocenters. The van der Waals surface area contributed by atoms with E-state index >= 15 is 0 Å². The fourth-order valence-corrected chi connectivity index (χ4v) is 10.9. The van der Waals surface area contributed by atoms with Gasteiger partial charge in [-0.2, -0.15) is 4.98 Å². The highest BCUT2D eigenvalue weighted by Crippen LogP contribution is 2.45. The summed E-state index contributed by atoms with van der Waals surface area (Å²) in [6, 6.07) is 12.1. The van der Waals surface area contributed by atoms with Gasteiger partial charge in [-0.25, -0.2) is 4.98 Å². The van der Waals surface area contributed by atoms with Gasteiger partial charge in [-0.15, -0.1) is 0 Å². The van der Waals surface area contributed by atoms with Crippen LogP contribution in [0.4, 0.5) is 23.1 Å². The Bertz CT molecular complexity index is 2730. The number of aromatic nitrogens is 3. The maximum Gasteiger partial charge on any atom is 0.293 e. The minimum absolute atomic E-state index is 0.0894. The molecule has 10 rings (SSSR count). The Kier molecular flexibility index (Phi) is 11.9. The zero-order valence-corrected chi connectivity index (χ0v) is 38.6. The van der Waals surface area contributed by atoms with Crippen LogP contribution in [-0.4, -0.2) is 131 Å². The smallest absolute Gasteiger partial charge is 0.293 e. The molecular formula is C48H55ClN10O8. The summed E-state index contributed by atoms with van der Waals surface area (Å²) in [4.78, 5) is 93.6. The average Bonchev–Trinajstić information content (AvgIpc) is 3.99. The van der Waals surface area contributed by atoms with Gasteiger partial charge < -0.3 is 34.5 Å². The summed E-state index contributed by atoms with van der Waals surface area (Å²) >= 11 is 6.61. The van der Waals surface area contributed by atoms with Gasteiger partial charge in [0.15, 0.2) is 18.2 Å². The number of halogens is 1. The molecule has 5 amide bonds. The summed E-state index contributed by atoms with van der Waals surface area (Å²) in [6.45, 7) is 8.91. The number of piperidine rings is 2. The third-order valence-electron chi connectivity index (χ3n) is 14.5. The number of hydrogen-bond acceptors (Lipinski definition) is 14. The Labute approximate surface area is 392 Å². The molecular weight excluding hydrogens is 880 g/mol. The van der Waals surface area contributed by atoms with Crippen molar-refractivity contribution in [2.24, 2.45) is 5.41 Å². The number of likely N-dealkylation sites (tertiary alicyclic amines) is 1. The molecule has 0 radical (unpaired) electrons. The maximum atomic E-state index is 13.5. The molecule has 7 heterocycles. The third kappa shape index (κ3) is 8.59. The monoisotopic (exact) mass is 934 g/mol. The molecule has 1 unspecified atom stereocenters. The number of pyridine rings is 1. The zero-order chi connectivity index (χ0) is 46.7. The van der Waals surface area contributed by atoms with Crippen LogP contribution in [0.5, 0.6) is 5.75 Å². The van der Waals surface area contributed by atoms with Gasteiger partial charge in [0.25, 0.3) is 23.3 Å². The van der Waals surface area contributed by atoms with Crippen molar-refractivity contribution in [3.8, 4) is 5.75 Å². The standard InChI is InChI=1S/C48H55ClN10O8/c1-27(2)58-37-7-4-29(18-28(37)19-39(46(58)65)66-24-41(61)50-3)52-42-36(49)23-51-47(54-42)55-14-10-32(11-15-55)67-33-20-31(21-33)57-17-13-48(26-57)12-16-56(25-48)30-5-6-34-35(22-30)45(64)59(44(34)63)38-8-9-40(60)53-43(38)62/h4-7,18-19,22-23,27,31-33,38H,8-17,20-21,24-26H2,1-3H3,(H,50,61)(H,51,52,54)(H,53,60,62)/t31?,33?,38-,48?/m1/s1. The molecule has 4 saturated heterocycles. The predicted octanol–water partition coefficient (Wildman–Crippen LogP) is 4.41. The van der Waals surface area contributed by atoms with Crippen LogP contribution in [0, 0.1) is 5.41 Å². The molecule has 1 aliphatic carbocycles. The van der Waals surface area contributed by atoms with E-state index in [4.69, 9.17) is 26.1 Å². The fourth-order valence-electron chi connectivity index (χ4n) is 10.8. The number of ether oxygens (including phenoxy) is 2. The normalized spacial score (nSPS) is 24.5. The van der Waals surface area contributed by atoms with Crippen LogP contribution in [0.2, 0.25) is 5.02 Å². The second kappa shape index (κ2) is 17.8. The van der Waals surface area contributed by atoms with Crippen molar-refractivity contribution in [3.05, 3.63) is 75.2 Å². The molecule has 1 saturated carbocycles. The van der Waals surface area contributed by atoms with Gasteiger partial charge >= 0.3 is 0 Å². The van der Waals surface area contributed by atoms with Crippen molar-refractivity contribution in [2.75, 3.05) is 68.0 Å². The topological polar surface area (TPSA) is 201 Å². The van der Waals surface area contributed by atoms with Gasteiger partial charge in [-0.3, -0.25) is 43.9 Å². The number of carbonyl (C=O) groups is 5. The van der Waals surface area contributed by atoms with Gasteiger partial charge in [0, 0.05) is 80.5 Å². The fraction of sp³-hybridized carbons (Fsp3) is 0.500. The van der Waals surface area contributed by atoms with E-state index in [1.165, 1.54) is 7.05 Å². The van der Waals surface area contributed by atoms with Gasteiger partial charge in [0.05, 0.1) is 35.0 Å². The summed E-state index contributed by atoms with van der Waals surface area (Å²) in [5, 5.41) is 9.22. The lowest BCUT2D eigenvalue weighted by Crippen LogP contribution is -2.54. The molecule has 4 aromatic rings. The van der Waals surface area contributed by atoms with Gasteiger partial charge in [0.2, 0.25) is 17.8 Å². The molecule has 352 valence electrons. The Morgan fingerprint density at radius 1 is 0.910 bits per heavy atom. The Balaban J connectivity index is 0.699. The highest BCUT2D eigenvalue weighted by Gasteiger charge is 2.49. The maximum absolute atomic E-state index is 13.5. The Hall–Kier alpha value is -6.11. The van der Waals surface area contributed by atoms with Crippen molar-refractivity contribution in [1.82, 2.24) is 35.0 Å². The number of anilines is 4. The zero-order valence-electron chi connectivity index (χ0n) is 37.9. The summed E-state index contributed by atoms with van der Waals surface area (Å²) in [6.07, 6.45) is 8.17. The van der Waals surface area contributed by atoms with Crippen molar-refractivity contribution in [1.29, 1.82) is 0 Å². The second-order valence-electron chi connectivity index (χ2n) is 19.1. The minimum atomic E-state index is -0.978. The number of hydrogen-bond donors (Lipinski definition) is 3. The van der Waals surface area contributed by atoms with E-state index in [2.05, 4.69) is 35.6 Å². The molecule has 6 aliphatic rings. The first kappa shape index (κ1) is 44.7. The molecule has 3 N–H and O–H groups in total. The highest BCUT2D eigenvalue weighted by atomic mass is 35.5. The second-order valence-corrected chi connectivity index (χ2v) is 19.6. The molecule has 1 spiro atoms. The van der Waals surface area contributed by atoms with Crippen LogP contribution in [0.1, 0.15) is 92.0 Å². The summed E-state index contributed by atoms with van der Waals surface area (Å²) in [7, 11) is 1.51. The molecule has 18 nitrogen and oxygen atoms in total. The first-order chi connectivity index (χ1) is 32.3. The van der Waals surface area contributed by atoms with E-state index in [9.17, 15) is 28.8 Å². The number of nitrogens with one attached hydrogen (secondary N) is 3. The first-order valence-corrected chi connectivity index (χ1v) is 23.7. The number of imide groups is 2. The van der Waals surface area contributed by atoms with Crippen LogP contribution in [0.3, 0.4) is 0 Å². The highest BCUT2D eigenvalue weighted by molar-refractivity contribution is 6.33. The number of likely N-dealkylation sites (N-methyl/N-ethyl adjacent to an activating group) is 1. The van der Waals surface area contributed by atoms with Crippen LogP contribution < -0.4 is 36.0 Å². The third-order valence-corrected chi connectivity index (χ3v) is 14.8. The van der Waals surface area contributed by atoms with Crippen LogP contribution in [0.15, 0.2) is 53.5 Å². The van der Waals surface area contributed by atoms with Crippen LogP contribution >= 0.6 is 11.6 Å². The molecule has 2 aromatic carbocycles. The van der Waals surface area contributed by atoms with Crippen molar-refractivity contribution in [2.45, 2.75) is 95.5 Å². The van der Waals surface area contributed by atoms with Gasteiger partial charge in [-0.05, 0) is 108 Å². The molecule has 5 fully saturated rings. The summed E-state index contributed by atoms with van der Waals surface area (Å²) < 4.78 is 13.9. The van der Waals surface area contributed by atoms with E-state index in [1.807, 2.05) is 38.1 Å². The average molecular weight is 935 g/mol. The van der Waals surface area contributed by atoms with Crippen molar-refractivity contribution >= 4 is 75.2 Å². The summed E-state index contributed by atoms with van der Waals surface area (Å²) in [5.74, 6) is -1.16. The molecule has 67 heavy (non-hydrogen) atoms. The number of carbonyl (C=O) groups excluding carboxylic acids is 5. The minimum Gasteiger partial charge on any atom is -0.478 e. The number of rotatable bonds is 12. The first-order valence-electron chi connectivity index (χ1n) is 23.3. The van der Waals surface area contributed by atoms with Crippen molar-refractivity contribution in [3.63, 3.8) is 0 Å². The lowest BCUT2D eigenvalue weighted by Gasteiger charge is -2.44. The SMILES string of the molecule is CNC(=O)COc1cc2cc(Nc3nc(N4CCC(OC5CC(N6CCC7(CCN(c8ccc9c(c8)C(=O)N([C@@H]8CCC(=O)NC8=O)C9=O)C7)C6)C5)CC4)ncc3Cl)ccc2n(C(C)C)c1=O. The van der Waals surface area contributed by atoms with Gasteiger partial charge in [-0.1, -0.05) is 11.6 Å².